The summed E-state index contributed by atoms with van der Waals surface area (Å²) in [5.74, 6) is -0.0842. The van der Waals surface area contributed by atoms with Gasteiger partial charge in [0.2, 0.25) is 0 Å². The first-order valence-electron chi connectivity index (χ1n) is 9.92. The maximum atomic E-state index is 12.8. The third-order valence-corrected chi connectivity index (χ3v) is 5.57. The number of halogens is 1. The van der Waals surface area contributed by atoms with E-state index in [1.54, 1.807) is 48.5 Å². The number of amides is 2. The molecule has 164 valence electrons. The van der Waals surface area contributed by atoms with E-state index in [4.69, 9.17) is 9.47 Å². The molecule has 1 N–H and O–H groups in total. The van der Waals surface area contributed by atoms with E-state index in [2.05, 4.69) is 27.4 Å². The quantitative estimate of drug-likeness (QED) is 0.398. The molecule has 1 saturated heterocycles. The van der Waals surface area contributed by atoms with Gasteiger partial charge in [0.25, 0.3) is 11.8 Å². The van der Waals surface area contributed by atoms with Crippen LogP contribution in [0.5, 0.6) is 11.5 Å². The number of carbonyl (C=O) groups excluding carboxylic acids is 2. The standard InChI is InChI=1S/C25H18BrN3O4/c1-32-22-13-16(11-20-24(30)28-29(25(20)31)19-9-3-2-4-10-19)12-21(26)23(22)33-15-18-8-6-5-7-17(18)14-27/h2-13H,15H2,1H3,(H,28,30)/b20-11-. The summed E-state index contributed by atoms with van der Waals surface area (Å²) in [6.45, 7) is 0.173. The molecule has 0 unspecified atom stereocenters. The molecule has 0 aromatic heterocycles. The molecule has 3 aromatic carbocycles. The van der Waals surface area contributed by atoms with Crippen LogP contribution in [-0.4, -0.2) is 18.9 Å². The highest BCUT2D eigenvalue weighted by Crippen LogP contribution is 2.38. The number of hydrogen-bond donors (Lipinski definition) is 1. The second kappa shape index (κ2) is 9.59. The first-order valence-corrected chi connectivity index (χ1v) is 10.7. The molecule has 1 aliphatic rings. The SMILES string of the molecule is COc1cc(/C=C2/C(=O)NN(c3ccccc3)C2=O)cc(Br)c1OCc1ccccc1C#N. The molecule has 7 nitrogen and oxygen atoms in total. The predicted octanol–water partition coefficient (Wildman–Crippen LogP) is 4.37. The van der Waals surface area contributed by atoms with Crippen molar-refractivity contribution in [3.8, 4) is 17.6 Å². The number of nitrogens with one attached hydrogen (secondary N) is 1. The van der Waals surface area contributed by atoms with Gasteiger partial charge >= 0.3 is 0 Å². The number of methoxy groups -OCH3 is 1. The first kappa shape index (κ1) is 22.1. The average Bonchev–Trinajstić information content (AvgIpc) is 3.12. The van der Waals surface area contributed by atoms with Crippen LogP contribution in [0.25, 0.3) is 6.08 Å². The Balaban J connectivity index is 1.60. The fourth-order valence-corrected chi connectivity index (χ4v) is 3.93. The minimum absolute atomic E-state index is 0.00409. The molecule has 0 bridgehead atoms. The van der Waals surface area contributed by atoms with Crippen molar-refractivity contribution in [3.05, 3.63) is 93.5 Å². The Hall–Kier alpha value is -4.09. The lowest BCUT2D eigenvalue weighted by Crippen LogP contribution is -2.35. The number of nitrogens with zero attached hydrogens (tertiary/aromatic N) is 2. The van der Waals surface area contributed by atoms with E-state index >= 15 is 0 Å². The summed E-state index contributed by atoms with van der Waals surface area (Å²) in [6.07, 6.45) is 1.50. The van der Waals surface area contributed by atoms with Gasteiger partial charge in [-0.25, -0.2) is 5.01 Å². The van der Waals surface area contributed by atoms with Crippen LogP contribution in [0, 0.1) is 11.3 Å². The number of ether oxygens (including phenoxy) is 2. The number of hydrogen-bond acceptors (Lipinski definition) is 5. The molecule has 1 heterocycles. The normalized spacial score (nSPS) is 14.2. The lowest BCUT2D eigenvalue weighted by atomic mass is 10.1. The highest BCUT2D eigenvalue weighted by molar-refractivity contribution is 9.10. The van der Waals surface area contributed by atoms with Crippen LogP contribution in [0.15, 0.2) is 76.8 Å². The van der Waals surface area contributed by atoms with Gasteiger partial charge < -0.3 is 9.47 Å². The molecule has 1 fully saturated rings. The maximum Gasteiger partial charge on any atom is 0.282 e. The molecule has 0 atom stereocenters. The molecule has 3 aromatic rings. The number of rotatable bonds is 6. The van der Waals surface area contributed by atoms with Crippen molar-refractivity contribution in [2.45, 2.75) is 6.61 Å². The molecule has 2 amide bonds. The Bertz CT molecular complexity index is 1300. The lowest BCUT2D eigenvalue weighted by Gasteiger charge is -2.14. The molecule has 0 spiro atoms. The van der Waals surface area contributed by atoms with Crippen molar-refractivity contribution in [1.29, 1.82) is 5.26 Å². The number of anilines is 1. The van der Waals surface area contributed by atoms with E-state index in [9.17, 15) is 14.9 Å². The molecular formula is C25H18BrN3O4. The smallest absolute Gasteiger partial charge is 0.282 e. The van der Waals surface area contributed by atoms with E-state index in [-0.39, 0.29) is 12.2 Å². The molecule has 0 saturated carbocycles. The summed E-state index contributed by atoms with van der Waals surface area (Å²) in [4.78, 5) is 25.3. The van der Waals surface area contributed by atoms with Crippen molar-refractivity contribution in [1.82, 2.24) is 5.43 Å². The Morgan fingerprint density at radius 1 is 1.09 bits per heavy atom. The zero-order valence-corrected chi connectivity index (χ0v) is 19.1. The van der Waals surface area contributed by atoms with Gasteiger partial charge in [0.1, 0.15) is 12.2 Å². The van der Waals surface area contributed by atoms with E-state index in [0.717, 1.165) is 5.56 Å². The third-order valence-electron chi connectivity index (χ3n) is 4.98. The Morgan fingerprint density at radius 3 is 2.55 bits per heavy atom. The minimum Gasteiger partial charge on any atom is -0.493 e. The monoisotopic (exact) mass is 503 g/mol. The molecule has 33 heavy (non-hydrogen) atoms. The summed E-state index contributed by atoms with van der Waals surface area (Å²) in [6, 6.07) is 21.6. The van der Waals surface area contributed by atoms with Crippen LogP contribution >= 0.6 is 15.9 Å². The number of nitriles is 1. The molecule has 0 radical (unpaired) electrons. The second-order valence-electron chi connectivity index (χ2n) is 7.07. The van der Waals surface area contributed by atoms with Crippen LogP contribution in [0.2, 0.25) is 0 Å². The van der Waals surface area contributed by atoms with Crippen molar-refractivity contribution >= 4 is 39.5 Å². The van der Waals surface area contributed by atoms with Gasteiger partial charge in [0.15, 0.2) is 11.5 Å². The van der Waals surface area contributed by atoms with Crippen LogP contribution in [0.4, 0.5) is 5.69 Å². The maximum absolute atomic E-state index is 12.8. The van der Waals surface area contributed by atoms with Gasteiger partial charge in [-0.2, -0.15) is 5.26 Å². The molecule has 4 rings (SSSR count). The largest absolute Gasteiger partial charge is 0.493 e. The number of para-hydroxylation sites is 1. The van der Waals surface area contributed by atoms with E-state index in [1.807, 2.05) is 18.2 Å². The zero-order valence-electron chi connectivity index (χ0n) is 17.5. The average molecular weight is 504 g/mol. The summed E-state index contributed by atoms with van der Waals surface area (Å²) < 4.78 is 12.0. The number of hydrazine groups is 1. The Labute approximate surface area is 198 Å². The van der Waals surface area contributed by atoms with Crippen LogP contribution in [0.1, 0.15) is 16.7 Å². The van der Waals surface area contributed by atoms with Gasteiger partial charge in [-0.05, 0) is 57.9 Å². The van der Waals surface area contributed by atoms with Gasteiger partial charge in [-0.15, -0.1) is 0 Å². The minimum atomic E-state index is -0.493. The van der Waals surface area contributed by atoms with Crippen molar-refractivity contribution in [2.75, 3.05) is 12.1 Å². The summed E-state index contributed by atoms with van der Waals surface area (Å²) >= 11 is 3.48. The molecule has 1 aliphatic heterocycles. The summed E-state index contributed by atoms with van der Waals surface area (Å²) in [5, 5.41) is 10.5. The van der Waals surface area contributed by atoms with Gasteiger partial charge in [-0.3, -0.25) is 15.0 Å². The number of benzene rings is 3. The highest BCUT2D eigenvalue weighted by atomic mass is 79.9. The molecule has 0 aliphatic carbocycles. The number of carbonyl (C=O) groups is 2. The third kappa shape index (κ3) is 4.59. The highest BCUT2D eigenvalue weighted by Gasteiger charge is 2.34. The van der Waals surface area contributed by atoms with E-state index in [0.29, 0.717) is 32.8 Å². The topological polar surface area (TPSA) is 91.7 Å². The van der Waals surface area contributed by atoms with Crippen LogP contribution < -0.4 is 19.9 Å². The fourth-order valence-electron chi connectivity index (χ4n) is 3.35. The second-order valence-corrected chi connectivity index (χ2v) is 7.92. The molecule has 8 heteroatoms. The lowest BCUT2D eigenvalue weighted by molar-refractivity contribution is -0.117. The Morgan fingerprint density at radius 2 is 1.82 bits per heavy atom. The van der Waals surface area contributed by atoms with Crippen LogP contribution in [0.3, 0.4) is 0 Å². The van der Waals surface area contributed by atoms with E-state index < -0.39 is 11.8 Å². The zero-order chi connectivity index (χ0) is 23.4. The summed E-state index contributed by atoms with van der Waals surface area (Å²) in [7, 11) is 1.50. The molecular weight excluding hydrogens is 486 g/mol. The van der Waals surface area contributed by atoms with Gasteiger partial charge in [-0.1, -0.05) is 36.4 Å². The van der Waals surface area contributed by atoms with Crippen LogP contribution in [-0.2, 0) is 16.2 Å². The van der Waals surface area contributed by atoms with Gasteiger partial charge in [0.05, 0.1) is 28.9 Å². The van der Waals surface area contributed by atoms with Crippen molar-refractivity contribution < 1.29 is 19.1 Å². The van der Waals surface area contributed by atoms with Crippen molar-refractivity contribution in [3.63, 3.8) is 0 Å². The van der Waals surface area contributed by atoms with Gasteiger partial charge in [0, 0.05) is 5.56 Å². The Kier molecular flexibility index (Phi) is 6.43. The fraction of sp³-hybridized carbons (Fsp3) is 0.0800. The predicted molar refractivity (Wildman–Crippen MR) is 126 cm³/mol. The first-order chi connectivity index (χ1) is 16.0. The van der Waals surface area contributed by atoms with Crippen molar-refractivity contribution in [2.24, 2.45) is 0 Å². The van der Waals surface area contributed by atoms with E-state index in [1.165, 1.54) is 18.2 Å². The summed E-state index contributed by atoms with van der Waals surface area (Å²) in [5.41, 5.74) is 5.01.